The third-order valence-corrected chi connectivity index (χ3v) is 11.9. The number of aliphatic carboxylic acids is 1. The summed E-state index contributed by atoms with van der Waals surface area (Å²) in [5.41, 5.74) is 13.2. The zero-order chi connectivity index (χ0) is 57.7. The van der Waals surface area contributed by atoms with Gasteiger partial charge in [-0.2, -0.15) is 9.97 Å². The molecule has 3 heterocycles. The Kier molecular flexibility index (Phi) is 21.1. The number of carboxylic acids is 2. The van der Waals surface area contributed by atoms with Gasteiger partial charge >= 0.3 is 11.9 Å². The number of carbonyl (C=O) groups is 11. The molecule has 14 N–H and O–H groups in total. The first kappa shape index (κ1) is 58.8. The lowest BCUT2D eigenvalue weighted by Crippen LogP contribution is -2.52. The molecule has 3 aromatic carbocycles. The molecule has 2 unspecified atom stereocenters. The summed E-state index contributed by atoms with van der Waals surface area (Å²) >= 11 is 0. The molecule has 1 aliphatic rings. The van der Waals surface area contributed by atoms with E-state index in [1.54, 1.807) is 42.5 Å². The maximum atomic E-state index is 13.4. The van der Waals surface area contributed by atoms with Crippen molar-refractivity contribution in [2.45, 2.75) is 63.6 Å². The van der Waals surface area contributed by atoms with Gasteiger partial charge in [0.15, 0.2) is 17.0 Å². The van der Waals surface area contributed by atoms with Crippen molar-refractivity contribution in [1.29, 1.82) is 0 Å². The van der Waals surface area contributed by atoms with Gasteiger partial charge in [0.25, 0.3) is 23.6 Å². The Balaban J connectivity index is 0.908. The fraction of sp³-hybridized carbons (Fsp3) is 0.288. The van der Waals surface area contributed by atoms with E-state index >= 15 is 0 Å². The minimum absolute atomic E-state index is 0.0133. The Labute approximate surface area is 455 Å². The molecule has 0 radical (unpaired) electrons. The molecular formula is C52H57N15O13. The van der Waals surface area contributed by atoms with Crippen LogP contribution in [-0.4, -0.2) is 145 Å². The van der Waals surface area contributed by atoms with E-state index in [-0.39, 0.29) is 96.9 Å². The molecule has 80 heavy (non-hydrogen) atoms. The number of fused-ring (bicyclic) bond motifs is 1. The molecule has 2 aromatic heterocycles. The average molecular weight is 1100 g/mol. The molecular weight excluding hydrogens is 1040 g/mol. The molecule has 418 valence electrons. The number of imide groups is 1. The predicted molar refractivity (Wildman–Crippen MR) is 286 cm³/mol. The van der Waals surface area contributed by atoms with Crippen molar-refractivity contribution in [3.63, 3.8) is 0 Å². The van der Waals surface area contributed by atoms with Crippen molar-refractivity contribution in [2.24, 2.45) is 0 Å². The molecule has 1 aliphatic heterocycles. The average Bonchev–Trinajstić information content (AvgIpc) is 3.76. The second kappa shape index (κ2) is 28.6. The number of hydrogen-bond donors (Lipinski definition) is 12. The molecule has 0 aliphatic carbocycles. The molecule has 6 rings (SSSR count). The summed E-state index contributed by atoms with van der Waals surface area (Å²) < 4.78 is 0. The van der Waals surface area contributed by atoms with Gasteiger partial charge in [0.05, 0.1) is 49.2 Å². The lowest BCUT2D eigenvalue weighted by Gasteiger charge is -2.19. The van der Waals surface area contributed by atoms with Crippen LogP contribution in [0.1, 0.15) is 80.9 Å². The minimum atomic E-state index is -1.51. The highest BCUT2D eigenvalue weighted by molar-refractivity contribution is 6.13. The van der Waals surface area contributed by atoms with Gasteiger partial charge < -0.3 is 64.2 Å². The van der Waals surface area contributed by atoms with E-state index in [9.17, 15) is 63.0 Å². The number of carbonyl (C=O) groups excluding carboxylic acids is 9. The Morgan fingerprint density at radius 3 is 2.04 bits per heavy atom. The Morgan fingerprint density at radius 1 is 0.637 bits per heavy atom. The molecule has 0 saturated carbocycles. The van der Waals surface area contributed by atoms with Crippen molar-refractivity contribution in [3.05, 3.63) is 119 Å². The number of carboxylic acid groups (broad SMARTS) is 2. The van der Waals surface area contributed by atoms with E-state index in [1.165, 1.54) is 36.5 Å². The van der Waals surface area contributed by atoms with Crippen molar-refractivity contribution in [2.75, 3.05) is 54.8 Å². The third kappa shape index (κ3) is 17.8. The Morgan fingerprint density at radius 2 is 1.32 bits per heavy atom. The summed E-state index contributed by atoms with van der Waals surface area (Å²) in [4.78, 5) is 155. The SMILES string of the molecule is Nc1nc(N)c2nc(CNc3ccc(C(=O)NC(CCCNC(=O)c4ccc(NC(=O)CNC(=O)C(Cc5ccccc5)NC(=O)CNC(=O)CNC(=O)CCCCCN5C(=O)C=CC5=O)cc4C(=O)O)C(=O)O)cc3)cnc2n1. The van der Waals surface area contributed by atoms with Crippen LogP contribution in [0.3, 0.4) is 0 Å². The highest BCUT2D eigenvalue weighted by Gasteiger charge is 2.25. The van der Waals surface area contributed by atoms with E-state index < -0.39 is 90.6 Å². The number of amides is 9. The van der Waals surface area contributed by atoms with E-state index in [4.69, 9.17) is 11.5 Å². The van der Waals surface area contributed by atoms with Crippen LogP contribution in [0.25, 0.3) is 11.2 Å². The molecule has 0 spiro atoms. The molecule has 0 saturated heterocycles. The maximum Gasteiger partial charge on any atom is 0.336 e. The van der Waals surface area contributed by atoms with Gasteiger partial charge in [0.2, 0.25) is 35.5 Å². The van der Waals surface area contributed by atoms with Gasteiger partial charge in [-0.1, -0.05) is 36.8 Å². The van der Waals surface area contributed by atoms with Gasteiger partial charge in [-0.15, -0.1) is 0 Å². The number of nitrogens with two attached hydrogens (primary N) is 2. The van der Waals surface area contributed by atoms with Crippen LogP contribution < -0.4 is 54.0 Å². The van der Waals surface area contributed by atoms with Gasteiger partial charge in [0, 0.05) is 55.0 Å². The first-order valence-corrected chi connectivity index (χ1v) is 24.9. The van der Waals surface area contributed by atoms with Crippen molar-refractivity contribution < 1.29 is 63.0 Å². The summed E-state index contributed by atoms with van der Waals surface area (Å²) in [6.07, 6.45) is 5.41. The number of nitrogens with zero attached hydrogens (tertiary/aromatic N) is 5. The fourth-order valence-corrected chi connectivity index (χ4v) is 7.79. The molecule has 28 nitrogen and oxygen atoms in total. The Bertz CT molecular complexity index is 3180. The Hall–Kier alpha value is -10.4. The zero-order valence-electron chi connectivity index (χ0n) is 42.8. The van der Waals surface area contributed by atoms with Gasteiger partial charge in [0.1, 0.15) is 12.1 Å². The van der Waals surface area contributed by atoms with Crippen LogP contribution in [-0.2, 0) is 51.3 Å². The summed E-state index contributed by atoms with van der Waals surface area (Å²) in [6, 6.07) is 15.7. The van der Waals surface area contributed by atoms with Gasteiger partial charge in [-0.25, -0.2) is 19.6 Å². The van der Waals surface area contributed by atoms with Crippen LogP contribution >= 0.6 is 0 Å². The lowest BCUT2D eigenvalue weighted by molar-refractivity contribution is -0.139. The van der Waals surface area contributed by atoms with Gasteiger partial charge in [-0.05, 0) is 73.7 Å². The lowest BCUT2D eigenvalue weighted by atomic mass is 10.0. The number of nitrogen functional groups attached to an aromatic ring is 2. The minimum Gasteiger partial charge on any atom is -0.480 e. The van der Waals surface area contributed by atoms with E-state index in [0.29, 0.717) is 36.2 Å². The molecule has 2 atom stereocenters. The first-order chi connectivity index (χ1) is 38.3. The van der Waals surface area contributed by atoms with Crippen molar-refractivity contribution in [1.82, 2.24) is 56.7 Å². The summed E-state index contributed by atoms with van der Waals surface area (Å²) in [6.45, 7) is -1.27. The topological polar surface area (TPSA) is 431 Å². The van der Waals surface area contributed by atoms with Crippen molar-refractivity contribution in [3.8, 4) is 0 Å². The number of aromatic carboxylic acids is 1. The number of benzene rings is 3. The quantitative estimate of drug-likeness (QED) is 0.0218. The van der Waals surface area contributed by atoms with Crippen LogP contribution in [0.4, 0.5) is 23.1 Å². The highest BCUT2D eigenvalue weighted by Crippen LogP contribution is 2.19. The summed E-state index contributed by atoms with van der Waals surface area (Å²) in [5, 5.41) is 40.1. The first-order valence-electron chi connectivity index (χ1n) is 24.9. The largest absolute Gasteiger partial charge is 0.480 e. The summed E-state index contributed by atoms with van der Waals surface area (Å²) in [7, 11) is 0. The van der Waals surface area contributed by atoms with Gasteiger partial charge in [-0.3, -0.25) is 48.1 Å². The monoisotopic (exact) mass is 1100 g/mol. The second-order valence-electron chi connectivity index (χ2n) is 17.9. The number of unbranched alkanes of at least 4 members (excludes halogenated alkanes) is 2. The highest BCUT2D eigenvalue weighted by atomic mass is 16.4. The maximum absolute atomic E-state index is 13.4. The third-order valence-electron chi connectivity index (χ3n) is 11.9. The predicted octanol–water partition coefficient (Wildman–Crippen LogP) is -0.212. The molecule has 28 heteroatoms. The molecule has 5 aromatic rings. The number of aromatic nitrogens is 4. The van der Waals surface area contributed by atoms with E-state index in [1.807, 2.05) is 0 Å². The summed E-state index contributed by atoms with van der Waals surface area (Å²) in [5.74, 6) is -8.50. The zero-order valence-corrected chi connectivity index (χ0v) is 42.8. The number of rotatable bonds is 29. The van der Waals surface area contributed by atoms with Crippen LogP contribution in [0, 0.1) is 0 Å². The van der Waals surface area contributed by atoms with Crippen LogP contribution in [0.2, 0.25) is 0 Å². The smallest absolute Gasteiger partial charge is 0.336 e. The van der Waals surface area contributed by atoms with E-state index in [2.05, 4.69) is 62.5 Å². The van der Waals surface area contributed by atoms with Crippen LogP contribution in [0.5, 0.6) is 0 Å². The number of anilines is 4. The standard InChI is InChI=1S/C52H57N15O13/c53-45-44-46(66-52(54)65-45)59-25-33(62-44)24-56-31-14-12-30(13-15-31)47(74)64-36(51(79)80)10-7-20-55-48(75)34-17-16-32(23-35(34)50(77)78)61-40(70)28-60-49(76)37(22-29-8-3-1-4-9-29)63-41(71)27-58-39(69)26-57-38(68)11-5-2-6-21-67-42(72)18-19-43(67)73/h1,3-4,8-9,12-19,23,25,36-37,56H,2,5-7,10-11,20-22,24,26-28H2,(H,55,75)(H,57,68)(H,58,69)(H,60,76)(H,61,70)(H,63,71)(H,64,74)(H,77,78)(H,79,80)(H4,53,54,59,65,66). The molecule has 0 fully saturated rings. The number of nitrogens with one attached hydrogen (secondary N) is 8. The van der Waals surface area contributed by atoms with E-state index in [0.717, 1.165) is 17.0 Å². The van der Waals surface area contributed by atoms with Crippen molar-refractivity contribution >= 4 is 99.4 Å². The number of hydrogen-bond acceptors (Lipinski definition) is 18. The fourth-order valence-electron chi connectivity index (χ4n) is 7.79. The molecule has 9 amide bonds. The second-order valence-corrected chi connectivity index (χ2v) is 17.9. The van der Waals surface area contributed by atoms with Crippen LogP contribution in [0.15, 0.2) is 91.1 Å². The normalized spacial score (nSPS) is 12.4. The molecule has 0 bridgehead atoms.